The zero-order valence-corrected chi connectivity index (χ0v) is 14.6. The Labute approximate surface area is 147 Å². The minimum Gasteiger partial charge on any atom is -0.348 e. The van der Waals surface area contributed by atoms with Gasteiger partial charge >= 0.3 is 6.03 Å². The summed E-state index contributed by atoms with van der Waals surface area (Å²) in [6.45, 7) is 4.27. The molecular weight excluding hydrogens is 312 g/mol. The van der Waals surface area contributed by atoms with Gasteiger partial charge in [0.25, 0.3) is 0 Å². The summed E-state index contributed by atoms with van der Waals surface area (Å²) in [6, 6.07) is 14.1. The van der Waals surface area contributed by atoms with Crippen molar-refractivity contribution in [3.8, 4) is 0 Å². The Morgan fingerprint density at radius 1 is 1.12 bits per heavy atom. The number of hydrogen-bond acceptors (Lipinski definition) is 2. The zero-order valence-electron chi connectivity index (χ0n) is 14.6. The lowest BCUT2D eigenvalue weighted by Gasteiger charge is -2.20. The Morgan fingerprint density at radius 3 is 2.52 bits per heavy atom. The van der Waals surface area contributed by atoms with Gasteiger partial charge in [-0.1, -0.05) is 30.3 Å². The van der Waals surface area contributed by atoms with Gasteiger partial charge in [-0.3, -0.25) is 0 Å². The summed E-state index contributed by atoms with van der Waals surface area (Å²) in [7, 11) is 1.60. The number of benzene rings is 2. The van der Waals surface area contributed by atoms with Crippen LogP contribution in [0.25, 0.3) is 0 Å². The largest absolute Gasteiger partial charge is 0.348 e. The van der Waals surface area contributed by atoms with E-state index in [0.717, 1.165) is 16.9 Å². The van der Waals surface area contributed by atoms with Crippen LogP contribution < -0.4 is 10.6 Å². The molecule has 0 aliphatic rings. The maximum atomic E-state index is 11.5. The molecule has 3 rings (SSSR count). The first-order chi connectivity index (χ1) is 12.1. The van der Waals surface area contributed by atoms with Gasteiger partial charge in [0.05, 0.1) is 12.2 Å². The number of aryl methyl sites for hydroxylation is 1. The quantitative estimate of drug-likeness (QED) is 0.676. The van der Waals surface area contributed by atoms with E-state index >= 15 is 0 Å². The molecule has 0 aliphatic heterocycles. The molecule has 0 bridgehead atoms. The van der Waals surface area contributed by atoms with E-state index in [1.165, 1.54) is 16.7 Å². The van der Waals surface area contributed by atoms with Crippen molar-refractivity contribution in [1.82, 2.24) is 15.3 Å². The van der Waals surface area contributed by atoms with Gasteiger partial charge in [0.15, 0.2) is 0 Å². The van der Waals surface area contributed by atoms with E-state index < -0.39 is 0 Å². The Hall–Kier alpha value is -3.08. The minimum atomic E-state index is -0.229. The predicted octanol–water partition coefficient (Wildman–Crippen LogP) is 3.96. The number of aromatic amines is 1. The minimum absolute atomic E-state index is 0.0662. The highest BCUT2D eigenvalue weighted by atomic mass is 16.2. The molecule has 1 unspecified atom stereocenters. The summed E-state index contributed by atoms with van der Waals surface area (Å²) in [4.78, 5) is 18.9. The Kier molecular flexibility index (Phi) is 4.84. The molecule has 25 heavy (non-hydrogen) atoms. The third-order valence-electron chi connectivity index (χ3n) is 4.52. The first-order valence-electron chi connectivity index (χ1n) is 8.23. The van der Waals surface area contributed by atoms with Crippen molar-refractivity contribution < 1.29 is 4.79 Å². The summed E-state index contributed by atoms with van der Waals surface area (Å²) < 4.78 is 0. The van der Waals surface area contributed by atoms with Gasteiger partial charge < -0.3 is 15.6 Å². The lowest BCUT2D eigenvalue weighted by Crippen LogP contribution is -2.24. The second kappa shape index (κ2) is 7.21. The molecule has 0 spiro atoms. The first kappa shape index (κ1) is 16.8. The molecule has 0 fully saturated rings. The predicted molar refractivity (Wildman–Crippen MR) is 100.0 cm³/mol. The molecular formula is C20H22N4O. The van der Waals surface area contributed by atoms with Crippen LogP contribution in [0.15, 0.2) is 55.0 Å². The second-order valence-corrected chi connectivity index (χ2v) is 6.06. The van der Waals surface area contributed by atoms with Crippen LogP contribution in [0, 0.1) is 13.8 Å². The lowest BCUT2D eigenvalue weighted by atomic mass is 9.85. The van der Waals surface area contributed by atoms with E-state index in [0.29, 0.717) is 0 Å². The molecule has 2 aromatic carbocycles. The van der Waals surface area contributed by atoms with Crippen molar-refractivity contribution in [1.29, 1.82) is 0 Å². The lowest BCUT2D eigenvalue weighted by molar-refractivity contribution is 0.254. The molecule has 3 N–H and O–H groups in total. The number of nitrogens with zero attached hydrogens (tertiary/aromatic N) is 1. The van der Waals surface area contributed by atoms with E-state index in [1.807, 2.05) is 30.5 Å². The van der Waals surface area contributed by atoms with Crippen LogP contribution in [-0.4, -0.2) is 23.0 Å². The van der Waals surface area contributed by atoms with Gasteiger partial charge in [-0.25, -0.2) is 9.78 Å². The number of H-pyrrole nitrogens is 1. The van der Waals surface area contributed by atoms with Crippen LogP contribution >= 0.6 is 0 Å². The average Bonchev–Trinajstić information content (AvgIpc) is 3.14. The first-order valence-corrected chi connectivity index (χ1v) is 8.23. The SMILES string of the molecule is CNC(=O)Nc1ccc(C(c2cnc[nH]2)c2cccc(C)c2C)cc1. The summed E-state index contributed by atoms with van der Waals surface area (Å²) in [5.74, 6) is 0.0662. The number of carbonyl (C=O) groups excluding carboxylic acids is 1. The van der Waals surface area contributed by atoms with E-state index in [-0.39, 0.29) is 11.9 Å². The molecule has 2 amide bonds. The maximum Gasteiger partial charge on any atom is 0.318 e. The van der Waals surface area contributed by atoms with E-state index in [2.05, 4.69) is 52.6 Å². The normalized spacial score (nSPS) is 11.8. The number of anilines is 1. The van der Waals surface area contributed by atoms with Crippen molar-refractivity contribution in [2.75, 3.05) is 12.4 Å². The summed E-state index contributed by atoms with van der Waals surface area (Å²) in [5, 5.41) is 5.33. The Bertz CT molecular complexity index is 854. The highest BCUT2D eigenvalue weighted by Crippen LogP contribution is 2.34. The van der Waals surface area contributed by atoms with E-state index in [4.69, 9.17) is 0 Å². The smallest absolute Gasteiger partial charge is 0.318 e. The molecule has 0 aliphatic carbocycles. The summed E-state index contributed by atoms with van der Waals surface area (Å²) >= 11 is 0. The molecule has 128 valence electrons. The molecule has 5 heteroatoms. The van der Waals surface area contributed by atoms with Gasteiger partial charge in [0, 0.05) is 24.6 Å². The van der Waals surface area contributed by atoms with Crippen LogP contribution in [0.5, 0.6) is 0 Å². The van der Waals surface area contributed by atoms with Crippen LogP contribution in [0.4, 0.5) is 10.5 Å². The number of urea groups is 1. The number of nitrogens with one attached hydrogen (secondary N) is 3. The topological polar surface area (TPSA) is 69.8 Å². The van der Waals surface area contributed by atoms with Gasteiger partial charge in [-0.2, -0.15) is 0 Å². The molecule has 1 atom stereocenters. The van der Waals surface area contributed by atoms with Crippen molar-refractivity contribution in [3.63, 3.8) is 0 Å². The standard InChI is InChI=1S/C20H22N4O/c1-13-5-4-6-17(14(13)2)19(18-11-22-12-23-18)15-7-9-16(10-8-15)24-20(25)21-3/h4-12,19H,1-3H3,(H,22,23)(H2,21,24,25). The van der Waals surface area contributed by atoms with Crippen molar-refractivity contribution in [2.24, 2.45) is 0 Å². The van der Waals surface area contributed by atoms with Crippen molar-refractivity contribution in [2.45, 2.75) is 19.8 Å². The fraction of sp³-hybridized carbons (Fsp3) is 0.200. The number of rotatable bonds is 4. The molecule has 0 saturated carbocycles. The highest BCUT2D eigenvalue weighted by Gasteiger charge is 2.20. The van der Waals surface area contributed by atoms with Crippen LogP contribution in [-0.2, 0) is 0 Å². The monoisotopic (exact) mass is 334 g/mol. The van der Waals surface area contributed by atoms with Crippen molar-refractivity contribution in [3.05, 3.63) is 82.9 Å². The number of aromatic nitrogens is 2. The third kappa shape index (κ3) is 3.55. The van der Waals surface area contributed by atoms with Gasteiger partial charge in [0.1, 0.15) is 0 Å². The maximum absolute atomic E-state index is 11.5. The van der Waals surface area contributed by atoms with Crippen LogP contribution in [0.1, 0.15) is 33.9 Å². The third-order valence-corrected chi connectivity index (χ3v) is 4.52. The van der Waals surface area contributed by atoms with Gasteiger partial charge in [0.2, 0.25) is 0 Å². The molecule has 0 saturated heterocycles. The molecule has 0 radical (unpaired) electrons. The number of hydrogen-bond donors (Lipinski definition) is 3. The molecule has 5 nitrogen and oxygen atoms in total. The van der Waals surface area contributed by atoms with Crippen LogP contribution in [0.3, 0.4) is 0 Å². The van der Waals surface area contributed by atoms with Gasteiger partial charge in [-0.05, 0) is 48.2 Å². The van der Waals surface area contributed by atoms with Crippen LogP contribution in [0.2, 0.25) is 0 Å². The Balaban J connectivity index is 2.01. The molecule has 3 aromatic rings. The number of imidazole rings is 1. The fourth-order valence-corrected chi connectivity index (χ4v) is 2.99. The summed E-state index contributed by atoms with van der Waals surface area (Å²) in [6.07, 6.45) is 3.57. The fourth-order valence-electron chi connectivity index (χ4n) is 2.99. The Morgan fingerprint density at radius 2 is 1.88 bits per heavy atom. The summed E-state index contributed by atoms with van der Waals surface area (Å²) in [5.41, 5.74) is 6.72. The average molecular weight is 334 g/mol. The van der Waals surface area contributed by atoms with Gasteiger partial charge in [-0.15, -0.1) is 0 Å². The van der Waals surface area contributed by atoms with Crippen molar-refractivity contribution >= 4 is 11.7 Å². The number of carbonyl (C=O) groups is 1. The number of amides is 2. The molecule has 1 heterocycles. The van der Waals surface area contributed by atoms with E-state index in [1.54, 1.807) is 13.4 Å². The van der Waals surface area contributed by atoms with E-state index in [9.17, 15) is 4.79 Å². The highest BCUT2D eigenvalue weighted by molar-refractivity contribution is 5.88. The zero-order chi connectivity index (χ0) is 17.8. The molecule has 1 aromatic heterocycles. The second-order valence-electron chi connectivity index (χ2n) is 6.06.